The predicted molar refractivity (Wildman–Crippen MR) is 57.3 cm³/mol. The molecule has 0 saturated carbocycles. The van der Waals surface area contributed by atoms with Crippen LogP contribution >= 0.6 is 0 Å². The van der Waals surface area contributed by atoms with Gasteiger partial charge in [0.05, 0.1) is 16.8 Å². The molecule has 23 heavy (non-hydrogen) atoms. The third-order valence-corrected chi connectivity index (χ3v) is 3.56. The van der Waals surface area contributed by atoms with E-state index in [2.05, 4.69) is 0 Å². The number of nitrogens with zero attached hydrogens (tertiary/aromatic N) is 1. The third-order valence-electron chi connectivity index (χ3n) is 2.34. The monoisotopic (exact) mass is 376 g/mol. The van der Waals surface area contributed by atoms with E-state index in [9.17, 15) is 53.1 Å². The van der Waals surface area contributed by atoms with E-state index in [-0.39, 0.29) is 12.1 Å². The van der Waals surface area contributed by atoms with Gasteiger partial charge >= 0.3 is 27.9 Å². The number of halogens is 9. The van der Waals surface area contributed by atoms with E-state index in [4.69, 9.17) is 0 Å². The SMILES string of the molecule is O=S(=O)(N([O-])c1cc(C(F)(F)F)ccc1C(F)(F)F)C(F)(F)F. The van der Waals surface area contributed by atoms with Crippen molar-refractivity contribution in [2.45, 2.75) is 17.9 Å². The first-order valence-electron chi connectivity index (χ1n) is 5.07. The molecule has 0 aliphatic rings. The Hall–Kier alpha value is -1.70. The summed E-state index contributed by atoms with van der Waals surface area (Å²) >= 11 is 0. The van der Waals surface area contributed by atoms with Gasteiger partial charge in [-0.25, -0.2) is 0 Å². The molecule has 132 valence electrons. The van der Waals surface area contributed by atoms with Gasteiger partial charge in [0.2, 0.25) is 0 Å². The maximum absolute atomic E-state index is 12.6. The topological polar surface area (TPSA) is 60.4 Å². The normalized spacial score (nSPS) is 14.0. The molecule has 1 aromatic rings. The zero-order chi connectivity index (χ0) is 18.4. The van der Waals surface area contributed by atoms with Crippen LogP contribution < -0.4 is 4.47 Å². The average molecular weight is 376 g/mol. The van der Waals surface area contributed by atoms with Gasteiger partial charge in [0.1, 0.15) is 0 Å². The van der Waals surface area contributed by atoms with Crippen molar-refractivity contribution in [3.8, 4) is 0 Å². The Kier molecular flexibility index (Phi) is 4.57. The molecular formula is C9H3F9NO3S-. The fourth-order valence-corrected chi connectivity index (χ4v) is 1.92. The highest BCUT2D eigenvalue weighted by Crippen LogP contribution is 2.42. The number of anilines is 1. The van der Waals surface area contributed by atoms with Crippen molar-refractivity contribution in [3.05, 3.63) is 34.5 Å². The molecule has 0 atom stereocenters. The van der Waals surface area contributed by atoms with E-state index in [0.29, 0.717) is 0 Å². The van der Waals surface area contributed by atoms with E-state index in [1.807, 2.05) is 0 Å². The van der Waals surface area contributed by atoms with Crippen molar-refractivity contribution in [1.82, 2.24) is 0 Å². The molecule has 0 N–H and O–H groups in total. The van der Waals surface area contributed by atoms with Gasteiger partial charge in [-0.05, 0) is 18.2 Å². The summed E-state index contributed by atoms with van der Waals surface area (Å²) in [6.45, 7) is 0. The first-order valence-corrected chi connectivity index (χ1v) is 6.51. The summed E-state index contributed by atoms with van der Waals surface area (Å²) in [5.41, 5.74) is -12.8. The zero-order valence-electron chi connectivity index (χ0n) is 10.2. The second-order valence-corrected chi connectivity index (χ2v) is 5.65. The number of sulfonamides is 1. The van der Waals surface area contributed by atoms with Crippen LogP contribution in [0, 0.1) is 5.21 Å². The Bertz CT molecular complexity index is 690. The minimum Gasteiger partial charge on any atom is -0.744 e. The van der Waals surface area contributed by atoms with Crippen molar-refractivity contribution >= 4 is 15.7 Å². The number of hydrogen-bond donors (Lipinski definition) is 0. The molecular weight excluding hydrogens is 373 g/mol. The van der Waals surface area contributed by atoms with Gasteiger partial charge in [-0.15, -0.1) is 0 Å². The fraction of sp³-hybridized carbons (Fsp3) is 0.333. The molecule has 14 heteroatoms. The molecule has 0 heterocycles. The molecule has 0 unspecified atom stereocenters. The maximum atomic E-state index is 12.6. The molecule has 0 fully saturated rings. The first-order chi connectivity index (χ1) is 9.99. The Morgan fingerprint density at radius 3 is 1.70 bits per heavy atom. The van der Waals surface area contributed by atoms with Crippen LogP contribution in [0.25, 0.3) is 0 Å². The van der Waals surface area contributed by atoms with Gasteiger partial charge in [-0.2, -0.15) is 47.9 Å². The second kappa shape index (κ2) is 5.43. The molecule has 1 rings (SSSR count). The molecule has 4 nitrogen and oxygen atoms in total. The van der Waals surface area contributed by atoms with Gasteiger partial charge in [0, 0.05) is 0 Å². The van der Waals surface area contributed by atoms with Crippen molar-refractivity contribution in [3.63, 3.8) is 0 Å². The van der Waals surface area contributed by atoms with Crippen molar-refractivity contribution in [2.24, 2.45) is 0 Å². The van der Waals surface area contributed by atoms with Crippen LogP contribution in [0.4, 0.5) is 45.2 Å². The molecule has 0 aromatic heterocycles. The van der Waals surface area contributed by atoms with Crippen LogP contribution in [-0.2, 0) is 22.4 Å². The van der Waals surface area contributed by atoms with E-state index in [0.717, 1.165) is 0 Å². The van der Waals surface area contributed by atoms with Crippen LogP contribution in [-0.4, -0.2) is 13.9 Å². The quantitative estimate of drug-likeness (QED) is 0.582. The largest absolute Gasteiger partial charge is 0.744 e. The molecule has 0 aliphatic carbocycles. The lowest BCUT2D eigenvalue weighted by molar-refractivity contribution is -0.140. The Labute approximate surface area is 121 Å². The van der Waals surface area contributed by atoms with E-state index < -0.39 is 55.2 Å². The van der Waals surface area contributed by atoms with Crippen molar-refractivity contribution in [2.75, 3.05) is 4.47 Å². The van der Waals surface area contributed by atoms with Crippen LogP contribution in [0.3, 0.4) is 0 Å². The zero-order valence-corrected chi connectivity index (χ0v) is 11.0. The minimum absolute atomic E-state index is 0.152. The lowest BCUT2D eigenvalue weighted by Crippen LogP contribution is -2.38. The number of benzene rings is 1. The third kappa shape index (κ3) is 3.80. The summed E-state index contributed by atoms with van der Waals surface area (Å²) in [7, 11) is -6.86. The maximum Gasteiger partial charge on any atom is 0.515 e. The summed E-state index contributed by atoms with van der Waals surface area (Å²) in [6.07, 6.45) is -10.9. The highest BCUT2D eigenvalue weighted by molar-refractivity contribution is 7.93. The molecule has 1 aromatic carbocycles. The summed E-state index contributed by atoms with van der Waals surface area (Å²) in [5.74, 6) is 0. The molecule has 0 spiro atoms. The lowest BCUT2D eigenvalue weighted by Gasteiger charge is -2.32. The van der Waals surface area contributed by atoms with Crippen LogP contribution in [0.15, 0.2) is 18.2 Å². The summed E-state index contributed by atoms with van der Waals surface area (Å²) in [4.78, 5) is 0. The van der Waals surface area contributed by atoms with Crippen molar-refractivity contribution < 1.29 is 47.9 Å². The molecule has 0 bridgehead atoms. The molecule has 0 saturated heterocycles. The molecule has 0 amide bonds. The fourth-order valence-electron chi connectivity index (χ4n) is 1.32. The smallest absolute Gasteiger partial charge is 0.515 e. The lowest BCUT2D eigenvalue weighted by atomic mass is 10.1. The standard InChI is InChI=1S/C9H3F9NO3S/c10-7(11,12)4-1-2-5(8(13,14)15)6(3-4)19(20)23(21,22)9(16,17)18/h1-3H/q-1. The van der Waals surface area contributed by atoms with E-state index in [1.54, 1.807) is 0 Å². The summed E-state index contributed by atoms with van der Waals surface area (Å²) in [5, 5.41) is 11.2. The predicted octanol–water partition coefficient (Wildman–Crippen LogP) is 3.88. The van der Waals surface area contributed by atoms with Crippen LogP contribution in [0.2, 0.25) is 0 Å². The number of rotatable bonds is 2. The summed E-state index contributed by atoms with van der Waals surface area (Å²) < 4.78 is 131. The van der Waals surface area contributed by atoms with E-state index >= 15 is 0 Å². The van der Waals surface area contributed by atoms with Crippen LogP contribution in [0.5, 0.6) is 0 Å². The Balaban J connectivity index is 3.66. The van der Waals surface area contributed by atoms with Gasteiger partial charge in [0.25, 0.3) is 0 Å². The Morgan fingerprint density at radius 2 is 1.35 bits per heavy atom. The first kappa shape index (κ1) is 19.3. The average Bonchev–Trinajstić information content (AvgIpc) is 2.33. The minimum atomic E-state index is -6.86. The van der Waals surface area contributed by atoms with Gasteiger partial charge in [-0.1, -0.05) is 0 Å². The second-order valence-electron chi connectivity index (χ2n) is 3.91. The highest BCUT2D eigenvalue weighted by atomic mass is 32.2. The number of hydrogen-bond acceptors (Lipinski definition) is 3. The van der Waals surface area contributed by atoms with Crippen molar-refractivity contribution in [1.29, 1.82) is 0 Å². The molecule has 0 radical (unpaired) electrons. The van der Waals surface area contributed by atoms with Gasteiger partial charge in [0.15, 0.2) is 0 Å². The number of alkyl halides is 9. The Morgan fingerprint density at radius 1 is 0.870 bits per heavy atom. The highest BCUT2D eigenvalue weighted by Gasteiger charge is 2.49. The van der Waals surface area contributed by atoms with Gasteiger partial charge < -0.3 is 9.68 Å². The van der Waals surface area contributed by atoms with Crippen LogP contribution in [0.1, 0.15) is 11.1 Å². The van der Waals surface area contributed by atoms with E-state index in [1.165, 1.54) is 0 Å². The molecule has 0 aliphatic heterocycles. The summed E-state index contributed by atoms with van der Waals surface area (Å²) in [6, 6.07) is -1.12. The van der Waals surface area contributed by atoms with Gasteiger partial charge in [-0.3, -0.25) is 0 Å².